The largest absolute Gasteiger partial charge is 0.494 e. The number of aryl methyl sites for hydroxylation is 1. The molecule has 0 saturated carbocycles. The van der Waals surface area contributed by atoms with E-state index in [1.54, 1.807) is 25.4 Å². The maximum Gasteiger partial charge on any atom is 0.207 e. The minimum absolute atomic E-state index is 0.221. The number of hydrogen-bond donors (Lipinski definition) is 1. The minimum Gasteiger partial charge on any atom is -0.494 e. The molecule has 0 saturated heterocycles. The Balaban J connectivity index is 2.06. The second-order valence-corrected chi connectivity index (χ2v) is 4.26. The maximum absolute atomic E-state index is 13.6. The monoisotopic (exact) mass is 279 g/mol. The van der Waals surface area contributed by atoms with Crippen LogP contribution in [0.3, 0.4) is 0 Å². The highest BCUT2D eigenvalue weighted by Crippen LogP contribution is 2.23. The van der Waals surface area contributed by atoms with Gasteiger partial charge in [0.15, 0.2) is 11.6 Å². The summed E-state index contributed by atoms with van der Waals surface area (Å²) in [5, 5.41) is 3.09. The lowest BCUT2D eigenvalue weighted by atomic mass is 10.3. The number of benzene rings is 1. The highest BCUT2D eigenvalue weighted by Gasteiger charge is 2.06. The van der Waals surface area contributed by atoms with E-state index in [1.165, 1.54) is 13.2 Å². The van der Waals surface area contributed by atoms with Crippen molar-refractivity contribution in [3.05, 3.63) is 36.4 Å². The number of imidazole rings is 1. The summed E-state index contributed by atoms with van der Waals surface area (Å²) in [6.07, 6.45) is 4.46. The third-order valence-corrected chi connectivity index (χ3v) is 2.87. The lowest BCUT2D eigenvalue weighted by Gasteiger charge is -2.10. The molecule has 6 heteroatoms. The number of halogens is 1. The summed E-state index contributed by atoms with van der Waals surface area (Å²) >= 11 is 0. The zero-order chi connectivity index (χ0) is 14.4. The Morgan fingerprint density at radius 2 is 2.20 bits per heavy atom. The normalized spacial score (nSPS) is 10.6. The van der Waals surface area contributed by atoms with Gasteiger partial charge in [0, 0.05) is 44.4 Å². The molecule has 0 aliphatic heterocycles. The average Bonchev–Trinajstić information content (AvgIpc) is 2.87. The van der Waals surface area contributed by atoms with Gasteiger partial charge in [-0.15, -0.1) is 0 Å². The van der Waals surface area contributed by atoms with Crippen molar-refractivity contribution in [1.29, 1.82) is 0 Å². The molecule has 108 valence electrons. The molecular formula is C14H18FN3O2. The summed E-state index contributed by atoms with van der Waals surface area (Å²) in [6, 6.07) is 4.71. The highest BCUT2D eigenvalue weighted by atomic mass is 19.1. The van der Waals surface area contributed by atoms with Crippen LogP contribution in [0.15, 0.2) is 30.6 Å². The fraction of sp³-hybridized carbons (Fsp3) is 0.357. The van der Waals surface area contributed by atoms with Crippen LogP contribution >= 0.6 is 0 Å². The molecule has 5 nitrogen and oxygen atoms in total. The van der Waals surface area contributed by atoms with Gasteiger partial charge in [-0.25, -0.2) is 9.37 Å². The van der Waals surface area contributed by atoms with Crippen molar-refractivity contribution >= 4 is 11.6 Å². The molecule has 2 aromatic rings. The van der Waals surface area contributed by atoms with E-state index in [1.807, 2.05) is 10.8 Å². The summed E-state index contributed by atoms with van der Waals surface area (Å²) in [5.74, 6) is 0.486. The molecule has 0 unspecified atom stereocenters. The SMILES string of the molecule is COCCCn1ccnc1Nc1ccc(OC)c(F)c1. The Morgan fingerprint density at radius 1 is 1.35 bits per heavy atom. The summed E-state index contributed by atoms with van der Waals surface area (Å²) in [5.41, 5.74) is 0.627. The minimum atomic E-state index is -0.407. The third-order valence-electron chi connectivity index (χ3n) is 2.87. The van der Waals surface area contributed by atoms with Gasteiger partial charge in [0.1, 0.15) is 0 Å². The van der Waals surface area contributed by atoms with Crippen LogP contribution in [0.2, 0.25) is 0 Å². The zero-order valence-corrected chi connectivity index (χ0v) is 11.6. The van der Waals surface area contributed by atoms with Crippen LogP contribution in [-0.2, 0) is 11.3 Å². The maximum atomic E-state index is 13.6. The van der Waals surface area contributed by atoms with Crippen molar-refractivity contribution < 1.29 is 13.9 Å². The Hall–Kier alpha value is -2.08. The molecule has 0 atom stereocenters. The number of nitrogens with zero attached hydrogens (tertiary/aromatic N) is 2. The van der Waals surface area contributed by atoms with Crippen LogP contribution in [0.4, 0.5) is 16.0 Å². The number of rotatable bonds is 7. The van der Waals surface area contributed by atoms with E-state index in [0.29, 0.717) is 18.2 Å². The van der Waals surface area contributed by atoms with Gasteiger partial charge in [0.05, 0.1) is 7.11 Å². The summed E-state index contributed by atoms with van der Waals surface area (Å²) < 4.78 is 25.5. The Morgan fingerprint density at radius 3 is 2.90 bits per heavy atom. The average molecular weight is 279 g/mol. The van der Waals surface area contributed by atoms with E-state index in [9.17, 15) is 4.39 Å². The molecule has 0 fully saturated rings. The molecule has 2 rings (SSSR count). The molecule has 1 aromatic heterocycles. The predicted molar refractivity (Wildman–Crippen MR) is 75.0 cm³/mol. The number of hydrogen-bond acceptors (Lipinski definition) is 4. The van der Waals surface area contributed by atoms with E-state index in [2.05, 4.69) is 10.3 Å². The Labute approximate surface area is 117 Å². The second kappa shape index (κ2) is 6.91. The topological polar surface area (TPSA) is 48.3 Å². The molecule has 0 aliphatic carbocycles. The molecule has 0 amide bonds. The van der Waals surface area contributed by atoms with Crippen LogP contribution in [0.1, 0.15) is 6.42 Å². The van der Waals surface area contributed by atoms with Gasteiger partial charge in [-0.2, -0.15) is 0 Å². The second-order valence-electron chi connectivity index (χ2n) is 4.26. The molecular weight excluding hydrogens is 261 g/mol. The smallest absolute Gasteiger partial charge is 0.207 e. The molecule has 0 bridgehead atoms. The molecule has 1 aromatic carbocycles. The molecule has 0 radical (unpaired) electrons. The van der Waals surface area contributed by atoms with Crippen LogP contribution < -0.4 is 10.1 Å². The molecule has 0 aliphatic rings. The van der Waals surface area contributed by atoms with Crippen molar-refractivity contribution in [2.75, 3.05) is 26.1 Å². The predicted octanol–water partition coefficient (Wildman–Crippen LogP) is 2.81. The first kappa shape index (κ1) is 14.3. The molecule has 0 spiro atoms. The number of nitrogens with one attached hydrogen (secondary N) is 1. The summed E-state index contributed by atoms with van der Waals surface area (Å²) in [6.45, 7) is 1.48. The fourth-order valence-corrected chi connectivity index (χ4v) is 1.87. The van der Waals surface area contributed by atoms with Crippen LogP contribution in [0.25, 0.3) is 0 Å². The lowest BCUT2D eigenvalue weighted by molar-refractivity contribution is 0.190. The zero-order valence-electron chi connectivity index (χ0n) is 11.6. The van der Waals surface area contributed by atoms with Gasteiger partial charge in [0.2, 0.25) is 5.95 Å². The van der Waals surface area contributed by atoms with Gasteiger partial charge in [-0.3, -0.25) is 0 Å². The number of anilines is 2. The molecule has 20 heavy (non-hydrogen) atoms. The first-order valence-corrected chi connectivity index (χ1v) is 6.35. The standard InChI is InChI=1S/C14H18FN3O2/c1-19-9-3-7-18-8-6-16-14(18)17-11-4-5-13(20-2)12(15)10-11/h4-6,8,10H,3,7,9H2,1-2H3,(H,16,17). The van der Waals surface area contributed by atoms with Gasteiger partial charge in [0.25, 0.3) is 0 Å². The van der Waals surface area contributed by atoms with E-state index in [4.69, 9.17) is 9.47 Å². The van der Waals surface area contributed by atoms with Gasteiger partial charge in [-0.1, -0.05) is 0 Å². The first-order chi connectivity index (χ1) is 9.74. The van der Waals surface area contributed by atoms with Gasteiger partial charge in [-0.05, 0) is 18.6 Å². The van der Waals surface area contributed by atoms with Crippen molar-refractivity contribution in [2.45, 2.75) is 13.0 Å². The Kier molecular flexibility index (Phi) is 4.95. The first-order valence-electron chi connectivity index (χ1n) is 6.35. The van der Waals surface area contributed by atoms with E-state index in [-0.39, 0.29) is 5.75 Å². The number of aromatic nitrogens is 2. The van der Waals surface area contributed by atoms with Gasteiger partial charge < -0.3 is 19.4 Å². The number of methoxy groups -OCH3 is 2. The number of ether oxygens (including phenoxy) is 2. The van der Waals surface area contributed by atoms with Crippen molar-refractivity contribution in [2.24, 2.45) is 0 Å². The fourth-order valence-electron chi connectivity index (χ4n) is 1.87. The van der Waals surface area contributed by atoms with Crippen molar-refractivity contribution in [1.82, 2.24) is 9.55 Å². The van der Waals surface area contributed by atoms with Crippen LogP contribution in [0, 0.1) is 5.82 Å². The molecule has 1 heterocycles. The van der Waals surface area contributed by atoms with Crippen LogP contribution in [-0.4, -0.2) is 30.4 Å². The van der Waals surface area contributed by atoms with E-state index < -0.39 is 5.82 Å². The molecule has 1 N–H and O–H groups in total. The van der Waals surface area contributed by atoms with Crippen molar-refractivity contribution in [3.63, 3.8) is 0 Å². The van der Waals surface area contributed by atoms with E-state index >= 15 is 0 Å². The van der Waals surface area contributed by atoms with Crippen LogP contribution in [0.5, 0.6) is 5.75 Å². The summed E-state index contributed by atoms with van der Waals surface area (Å²) in [7, 11) is 3.11. The van der Waals surface area contributed by atoms with Gasteiger partial charge >= 0.3 is 0 Å². The Bertz CT molecular complexity index is 557. The summed E-state index contributed by atoms with van der Waals surface area (Å²) in [4.78, 5) is 4.22. The highest BCUT2D eigenvalue weighted by molar-refractivity contribution is 5.55. The van der Waals surface area contributed by atoms with Crippen molar-refractivity contribution in [3.8, 4) is 5.75 Å². The lowest BCUT2D eigenvalue weighted by Crippen LogP contribution is -2.05. The quantitative estimate of drug-likeness (QED) is 0.792. The third kappa shape index (κ3) is 3.48. The van der Waals surface area contributed by atoms with E-state index in [0.717, 1.165) is 13.0 Å².